The maximum Gasteiger partial charge on any atom is 0.269 e. The number of carbonyl (C=O) groups excluding carboxylic acids is 1. The van der Waals surface area contributed by atoms with Crippen LogP contribution in [0.1, 0.15) is 29.0 Å². The van der Waals surface area contributed by atoms with Crippen molar-refractivity contribution in [2.75, 3.05) is 18.0 Å². The van der Waals surface area contributed by atoms with Crippen LogP contribution in [-0.4, -0.2) is 44.8 Å². The first-order valence-electron chi connectivity index (χ1n) is 8.36. The van der Waals surface area contributed by atoms with Crippen molar-refractivity contribution in [2.45, 2.75) is 25.8 Å². The standard InChI is InChI=1S/C17H20N6OS/c1-11-8-14(22(2)21-11)16(24)20-12-4-3-6-23(9-12)15-13-5-7-25-17(13)19-10-18-15/h5,7-8,10,12H,3-4,6,9H2,1-2H3,(H,20,24). The molecule has 0 radical (unpaired) electrons. The van der Waals surface area contributed by atoms with Gasteiger partial charge in [0.05, 0.1) is 11.1 Å². The Hall–Kier alpha value is -2.48. The van der Waals surface area contributed by atoms with E-state index in [1.54, 1.807) is 29.4 Å². The molecule has 130 valence electrons. The summed E-state index contributed by atoms with van der Waals surface area (Å²) in [6.07, 6.45) is 3.61. The molecule has 1 fully saturated rings. The zero-order valence-electron chi connectivity index (χ0n) is 14.3. The Balaban J connectivity index is 1.50. The maximum absolute atomic E-state index is 12.5. The van der Waals surface area contributed by atoms with E-state index < -0.39 is 0 Å². The highest BCUT2D eigenvalue weighted by Crippen LogP contribution is 2.28. The second-order valence-electron chi connectivity index (χ2n) is 6.39. The lowest BCUT2D eigenvalue weighted by Crippen LogP contribution is -2.48. The Bertz CT molecular complexity index is 917. The van der Waals surface area contributed by atoms with Gasteiger partial charge >= 0.3 is 0 Å². The summed E-state index contributed by atoms with van der Waals surface area (Å²) in [4.78, 5) is 24.6. The lowest BCUT2D eigenvalue weighted by molar-refractivity contribution is 0.0923. The van der Waals surface area contributed by atoms with Crippen molar-refractivity contribution in [3.8, 4) is 0 Å². The molecular formula is C17H20N6OS. The van der Waals surface area contributed by atoms with Gasteiger partial charge in [0.1, 0.15) is 22.7 Å². The van der Waals surface area contributed by atoms with E-state index in [9.17, 15) is 4.79 Å². The number of fused-ring (bicyclic) bond motifs is 1. The van der Waals surface area contributed by atoms with Crippen LogP contribution in [0.25, 0.3) is 10.2 Å². The van der Waals surface area contributed by atoms with E-state index in [1.165, 1.54) is 0 Å². The summed E-state index contributed by atoms with van der Waals surface area (Å²) in [6.45, 7) is 3.59. The summed E-state index contributed by atoms with van der Waals surface area (Å²) < 4.78 is 1.63. The Kier molecular flexibility index (Phi) is 4.12. The van der Waals surface area contributed by atoms with Crippen molar-refractivity contribution in [2.24, 2.45) is 7.05 Å². The molecule has 3 aromatic rings. The minimum atomic E-state index is -0.0710. The summed E-state index contributed by atoms with van der Waals surface area (Å²) in [5.74, 6) is 0.889. The summed E-state index contributed by atoms with van der Waals surface area (Å²) in [6, 6.07) is 3.98. The van der Waals surface area contributed by atoms with Gasteiger partial charge in [-0.25, -0.2) is 9.97 Å². The second kappa shape index (κ2) is 6.44. The highest BCUT2D eigenvalue weighted by molar-refractivity contribution is 7.16. The first-order valence-corrected chi connectivity index (χ1v) is 9.24. The van der Waals surface area contributed by atoms with Gasteiger partial charge < -0.3 is 10.2 Å². The first kappa shape index (κ1) is 16.0. The maximum atomic E-state index is 12.5. The van der Waals surface area contributed by atoms with Gasteiger partial charge in [-0.2, -0.15) is 5.10 Å². The van der Waals surface area contributed by atoms with Crippen molar-refractivity contribution in [1.82, 2.24) is 25.1 Å². The van der Waals surface area contributed by atoms with Crippen molar-refractivity contribution in [3.05, 3.63) is 35.2 Å². The van der Waals surface area contributed by atoms with Gasteiger partial charge in [-0.3, -0.25) is 9.48 Å². The van der Waals surface area contributed by atoms with Gasteiger partial charge in [0.25, 0.3) is 5.91 Å². The molecule has 7 nitrogen and oxygen atoms in total. The molecule has 1 aliphatic heterocycles. The SMILES string of the molecule is Cc1cc(C(=O)NC2CCCN(c3ncnc4sccc34)C2)n(C)n1. The lowest BCUT2D eigenvalue weighted by atomic mass is 10.1. The average molecular weight is 356 g/mol. The van der Waals surface area contributed by atoms with E-state index in [4.69, 9.17) is 0 Å². The molecule has 4 rings (SSSR count). The normalized spacial score (nSPS) is 17.8. The molecule has 1 N–H and O–H groups in total. The quantitative estimate of drug-likeness (QED) is 0.778. The molecule has 0 aromatic carbocycles. The van der Waals surface area contributed by atoms with E-state index in [0.29, 0.717) is 5.69 Å². The van der Waals surface area contributed by atoms with Crippen LogP contribution < -0.4 is 10.2 Å². The molecule has 25 heavy (non-hydrogen) atoms. The minimum Gasteiger partial charge on any atom is -0.354 e. The van der Waals surface area contributed by atoms with Crippen LogP contribution in [-0.2, 0) is 7.05 Å². The molecule has 1 atom stereocenters. The fourth-order valence-electron chi connectivity index (χ4n) is 3.40. The third-order valence-electron chi connectivity index (χ3n) is 4.53. The highest BCUT2D eigenvalue weighted by Gasteiger charge is 2.25. The smallest absolute Gasteiger partial charge is 0.269 e. The molecule has 3 aromatic heterocycles. The summed E-state index contributed by atoms with van der Waals surface area (Å²) in [5, 5.41) is 10.5. The molecule has 0 spiro atoms. The summed E-state index contributed by atoms with van der Waals surface area (Å²) in [7, 11) is 1.79. The summed E-state index contributed by atoms with van der Waals surface area (Å²) >= 11 is 1.62. The minimum absolute atomic E-state index is 0.0710. The van der Waals surface area contributed by atoms with Crippen LogP contribution >= 0.6 is 11.3 Å². The van der Waals surface area contributed by atoms with Crippen molar-refractivity contribution in [1.29, 1.82) is 0 Å². The second-order valence-corrected chi connectivity index (χ2v) is 7.28. The number of aromatic nitrogens is 4. The number of rotatable bonds is 3. The summed E-state index contributed by atoms with van der Waals surface area (Å²) in [5.41, 5.74) is 1.44. The number of carbonyl (C=O) groups is 1. The van der Waals surface area contributed by atoms with Gasteiger partial charge in [0.2, 0.25) is 0 Å². The number of thiophene rings is 1. The van der Waals surface area contributed by atoms with Gasteiger partial charge in [-0.15, -0.1) is 11.3 Å². The molecule has 0 saturated carbocycles. The Morgan fingerprint density at radius 3 is 3.08 bits per heavy atom. The number of hydrogen-bond acceptors (Lipinski definition) is 6. The van der Waals surface area contributed by atoms with Crippen molar-refractivity contribution < 1.29 is 4.79 Å². The fourth-order valence-corrected chi connectivity index (χ4v) is 4.13. The largest absolute Gasteiger partial charge is 0.354 e. The molecule has 1 aliphatic rings. The Morgan fingerprint density at radius 1 is 1.40 bits per heavy atom. The fraction of sp³-hybridized carbons (Fsp3) is 0.412. The van der Waals surface area contributed by atoms with Gasteiger partial charge in [0.15, 0.2) is 0 Å². The van der Waals surface area contributed by atoms with Gasteiger partial charge in [0, 0.05) is 26.2 Å². The van der Waals surface area contributed by atoms with E-state index in [2.05, 4.69) is 31.3 Å². The lowest BCUT2D eigenvalue weighted by Gasteiger charge is -2.34. The predicted molar refractivity (Wildman–Crippen MR) is 98.1 cm³/mol. The molecule has 0 aliphatic carbocycles. The molecule has 1 amide bonds. The van der Waals surface area contributed by atoms with E-state index >= 15 is 0 Å². The molecule has 1 saturated heterocycles. The third-order valence-corrected chi connectivity index (χ3v) is 5.35. The van der Waals surface area contributed by atoms with E-state index in [1.807, 2.05) is 18.4 Å². The molecule has 0 bridgehead atoms. The topological polar surface area (TPSA) is 75.9 Å². The first-order chi connectivity index (χ1) is 12.1. The van der Waals surface area contributed by atoms with Crippen molar-refractivity contribution >= 4 is 33.3 Å². The molecule has 8 heteroatoms. The Labute approximate surface area is 149 Å². The monoisotopic (exact) mass is 356 g/mol. The number of anilines is 1. The predicted octanol–water partition coefficient (Wildman–Crippen LogP) is 2.13. The number of hydrogen-bond donors (Lipinski definition) is 1. The van der Waals surface area contributed by atoms with Crippen LogP contribution in [0.3, 0.4) is 0 Å². The van der Waals surface area contributed by atoms with E-state index in [0.717, 1.165) is 47.7 Å². The number of piperidine rings is 1. The van der Waals surface area contributed by atoms with Crippen LogP contribution in [0.15, 0.2) is 23.8 Å². The third kappa shape index (κ3) is 3.09. The van der Waals surface area contributed by atoms with Gasteiger partial charge in [-0.05, 0) is 37.3 Å². The number of nitrogens with zero attached hydrogens (tertiary/aromatic N) is 5. The Morgan fingerprint density at radius 2 is 2.28 bits per heavy atom. The van der Waals surface area contributed by atoms with Crippen LogP contribution in [0, 0.1) is 6.92 Å². The van der Waals surface area contributed by atoms with Crippen LogP contribution in [0.5, 0.6) is 0 Å². The number of amides is 1. The number of aryl methyl sites for hydroxylation is 2. The highest BCUT2D eigenvalue weighted by atomic mass is 32.1. The zero-order valence-corrected chi connectivity index (χ0v) is 15.1. The molecule has 4 heterocycles. The zero-order chi connectivity index (χ0) is 17.4. The molecule has 1 unspecified atom stereocenters. The van der Waals surface area contributed by atoms with Crippen LogP contribution in [0.2, 0.25) is 0 Å². The van der Waals surface area contributed by atoms with Crippen molar-refractivity contribution in [3.63, 3.8) is 0 Å². The van der Waals surface area contributed by atoms with E-state index in [-0.39, 0.29) is 11.9 Å². The molecular weight excluding hydrogens is 336 g/mol. The number of nitrogens with one attached hydrogen (secondary N) is 1. The van der Waals surface area contributed by atoms with Gasteiger partial charge in [-0.1, -0.05) is 0 Å². The average Bonchev–Trinajstić information content (AvgIpc) is 3.20. The van der Waals surface area contributed by atoms with Crippen LogP contribution in [0.4, 0.5) is 5.82 Å².